The summed E-state index contributed by atoms with van der Waals surface area (Å²) >= 11 is 5.94. The van der Waals surface area contributed by atoms with Crippen molar-refractivity contribution in [3.05, 3.63) is 52.2 Å². The zero-order valence-corrected chi connectivity index (χ0v) is 11.2. The molecule has 5 heteroatoms. The van der Waals surface area contributed by atoms with Crippen LogP contribution in [0.15, 0.2) is 24.3 Å². The molecule has 0 fully saturated rings. The number of benzene rings is 1. The Hall–Kier alpha value is -1.68. The van der Waals surface area contributed by atoms with E-state index < -0.39 is 0 Å². The van der Waals surface area contributed by atoms with Crippen molar-refractivity contribution in [3.8, 4) is 0 Å². The second-order valence-electron chi connectivity index (χ2n) is 4.57. The Balaban J connectivity index is 2.12. The fourth-order valence-corrected chi connectivity index (χ4v) is 2.88. The number of nitrogens with zero attached hydrogens (tertiary/aromatic N) is 2. The summed E-state index contributed by atoms with van der Waals surface area (Å²) in [7, 11) is 1.80. The van der Waals surface area contributed by atoms with Gasteiger partial charge in [0.2, 0.25) is 5.28 Å². The number of hydrogen-bond donors (Lipinski definition) is 1. The first-order valence-corrected chi connectivity index (χ1v) is 6.57. The molecule has 0 amide bonds. The summed E-state index contributed by atoms with van der Waals surface area (Å²) in [5.74, 6) is 0.513. The molecule has 1 aliphatic carbocycles. The molecule has 98 valence electrons. The van der Waals surface area contributed by atoms with Crippen LogP contribution in [0.5, 0.6) is 0 Å². The summed E-state index contributed by atoms with van der Waals surface area (Å²) in [6.45, 7) is 0. The highest BCUT2D eigenvalue weighted by atomic mass is 35.5. The van der Waals surface area contributed by atoms with Crippen LogP contribution in [-0.4, -0.2) is 17.0 Å². The average molecular weight is 278 g/mol. The maximum absolute atomic E-state index is 13.9. The first-order chi connectivity index (χ1) is 9.20. The zero-order valence-electron chi connectivity index (χ0n) is 10.5. The van der Waals surface area contributed by atoms with E-state index in [2.05, 4.69) is 15.3 Å². The Kier molecular flexibility index (Phi) is 3.11. The monoisotopic (exact) mass is 277 g/mol. The standard InChI is InChI=1S/C14H13ClFN3/c1-17-13-10-7-6-9(12(10)18-14(15)19-13)8-4-2-3-5-11(8)16/h2-5,9H,6-7H2,1H3,(H,17,18,19). The van der Waals surface area contributed by atoms with E-state index in [1.165, 1.54) is 6.07 Å². The second-order valence-corrected chi connectivity index (χ2v) is 4.91. The normalized spacial score (nSPS) is 17.3. The molecule has 0 saturated heterocycles. The van der Waals surface area contributed by atoms with E-state index in [0.717, 1.165) is 29.9 Å². The number of halogens is 2. The molecule has 1 aromatic carbocycles. The number of anilines is 1. The fraction of sp³-hybridized carbons (Fsp3) is 0.286. The van der Waals surface area contributed by atoms with E-state index in [9.17, 15) is 4.39 Å². The van der Waals surface area contributed by atoms with Gasteiger partial charge in [-0.3, -0.25) is 0 Å². The van der Waals surface area contributed by atoms with E-state index in [1.54, 1.807) is 13.1 Å². The van der Waals surface area contributed by atoms with Gasteiger partial charge in [0.15, 0.2) is 0 Å². The summed E-state index contributed by atoms with van der Waals surface area (Å²) in [5, 5.41) is 3.23. The molecule has 19 heavy (non-hydrogen) atoms. The highest BCUT2D eigenvalue weighted by Crippen LogP contribution is 2.40. The number of hydrogen-bond acceptors (Lipinski definition) is 3. The van der Waals surface area contributed by atoms with E-state index in [0.29, 0.717) is 5.56 Å². The zero-order chi connectivity index (χ0) is 13.4. The Bertz CT molecular complexity index is 630. The molecule has 0 bridgehead atoms. The Morgan fingerprint density at radius 2 is 2.11 bits per heavy atom. The number of fused-ring (bicyclic) bond motifs is 1. The Labute approximate surface area is 115 Å². The molecule has 1 atom stereocenters. The summed E-state index contributed by atoms with van der Waals surface area (Å²) in [4.78, 5) is 8.47. The molecular weight excluding hydrogens is 265 g/mol. The first kappa shape index (κ1) is 12.4. The number of rotatable bonds is 2. The summed E-state index contributed by atoms with van der Waals surface area (Å²) in [6, 6.07) is 6.83. The third-order valence-electron chi connectivity index (χ3n) is 3.54. The van der Waals surface area contributed by atoms with Gasteiger partial charge in [0.05, 0.1) is 5.69 Å². The van der Waals surface area contributed by atoms with Crippen LogP contribution in [0.25, 0.3) is 0 Å². The molecular formula is C14H13ClFN3. The maximum Gasteiger partial charge on any atom is 0.224 e. The van der Waals surface area contributed by atoms with Crippen LogP contribution >= 0.6 is 11.6 Å². The fourth-order valence-electron chi connectivity index (χ4n) is 2.70. The van der Waals surface area contributed by atoms with Gasteiger partial charge < -0.3 is 5.32 Å². The lowest BCUT2D eigenvalue weighted by molar-refractivity contribution is 0.592. The van der Waals surface area contributed by atoms with Crippen molar-refractivity contribution >= 4 is 17.4 Å². The van der Waals surface area contributed by atoms with Crippen molar-refractivity contribution in [2.45, 2.75) is 18.8 Å². The summed E-state index contributed by atoms with van der Waals surface area (Å²) < 4.78 is 13.9. The largest absolute Gasteiger partial charge is 0.373 e. The van der Waals surface area contributed by atoms with E-state index in [4.69, 9.17) is 11.6 Å². The second kappa shape index (κ2) is 4.78. The van der Waals surface area contributed by atoms with Crippen LogP contribution in [0.4, 0.5) is 10.2 Å². The SMILES string of the molecule is CNc1nc(Cl)nc2c1CCC2c1ccccc1F. The minimum absolute atomic E-state index is 0.0381. The van der Waals surface area contributed by atoms with E-state index in [-0.39, 0.29) is 17.0 Å². The molecule has 0 aliphatic heterocycles. The van der Waals surface area contributed by atoms with Crippen LogP contribution in [0.2, 0.25) is 5.28 Å². The number of nitrogens with one attached hydrogen (secondary N) is 1. The summed E-state index contributed by atoms with van der Waals surface area (Å²) in [6.07, 6.45) is 1.67. The maximum atomic E-state index is 13.9. The highest BCUT2D eigenvalue weighted by Gasteiger charge is 2.30. The first-order valence-electron chi connectivity index (χ1n) is 6.19. The quantitative estimate of drug-likeness (QED) is 0.855. The molecule has 0 radical (unpaired) electrons. The van der Waals surface area contributed by atoms with Gasteiger partial charge in [0.25, 0.3) is 0 Å². The molecule has 1 N–H and O–H groups in total. The lowest BCUT2D eigenvalue weighted by atomic mass is 9.96. The van der Waals surface area contributed by atoms with Crippen LogP contribution in [0.1, 0.15) is 29.2 Å². The third-order valence-corrected chi connectivity index (χ3v) is 3.71. The van der Waals surface area contributed by atoms with Crippen molar-refractivity contribution in [3.63, 3.8) is 0 Å². The van der Waals surface area contributed by atoms with Crippen molar-refractivity contribution < 1.29 is 4.39 Å². The van der Waals surface area contributed by atoms with Gasteiger partial charge in [-0.2, -0.15) is 0 Å². The smallest absolute Gasteiger partial charge is 0.224 e. The van der Waals surface area contributed by atoms with Crippen LogP contribution < -0.4 is 5.32 Å². The Morgan fingerprint density at radius 1 is 1.32 bits per heavy atom. The molecule has 3 rings (SSSR count). The lowest BCUT2D eigenvalue weighted by Crippen LogP contribution is -2.05. The highest BCUT2D eigenvalue weighted by molar-refractivity contribution is 6.28. The van der Waals surface area contributed by atoms with Gasteiger partial charge in [-0.05, 0) is 36.1 Å². The number of aromatic nitrogens is 2. The molecule has 0 saturated carbocycles. The van der Waals surface area contributed by atoms with Crippen molar-refractivity contribution in [1.82, 2.24) is 9.97 Å². The van der Waals surface area contributed by atoms with Gasteiger partial charge in [-0.15, -0.1) is 0 Å². The molecule has 3 nitrogen and oxygen atoms in total. The van der Waals surface area contributed by atoms with Gasteiger partial charge in [-0.1, -0.05) is 18.2 Å². The van der Waals surface area contributed by atoms with Gasteiger partial charge in [0, 0.05) is 18.5 Å². The van der Waals surface area contributed by atoms with Crippen molar-refractivity contribution in [2.75, 3.05) is 12.4 Å². The molecule has 1 aromatic heterocycles. The van der Waals surface area contributed by atoms with Crippen LogP contribution in [-0.2, 0) is 6.42 Å². The predicted molar refractivity (Wildman–Crippen MR) is 73.2 cm³/mol. The third kappa shape index (κ3) is 2.06. The van der Waals surface area contributed by atoms with E-state index >= 15 is 0 Å². The van der Waals surface area contributed by atoms with Gasteiger partial charge in [0.1, 0.15) is 11.6 Å². The van der Waals surface area contributed by atoms with E-state index in [1.807, 2.05) is 12.1 Å². The van der Waals surface area contributed by atoms with Crippen molar-refractivity contribution in [1.29, 1.82) is 0 Å². The van der Waals surface area contributed by atoms with Crippen LogP contribution in [0.3, 0.4) is 0 Å². The molecule has 1 aliphatic rings. The average Bonchev–Trinajstić information content (AvgIpc) is 2.82. The molecule has 0 spiro atoms. The minimum Gasteiger partial charge on any atom is -0.373 e. The lowest BCUT2D eigenvalue weighted by Gasteiger charge is -2.13. The molecule has 1 unspecified atom stereocenters. The molecule has 2 aromatic rings. The Morgan fingerprint density at radius 3 is 2.84 bits per heavy atom. The topological polar surface area (TPSA) is 37.8 Å². The van der Waals surface area contributed by atoms with Crippen molar-refractivity contribution in [2.24, 2.45) is 0 Å². The van der Waals surface area contributed by atoms with Gasteiger partial charge in [-0.25, -0.2) is 14.4 Å². The van der Waals surface area contributed by atoms with Gasteiger partial charge >= 0.3 is 0 Å². The summed E-state index contributed by atoms with van der Waals surface area (Å²) in [5.41, 5.74) is 2.56. The molecule has 1 heterocycles. The van der Waals surface area contributed by atoms with Crippen LogP contribution in [0, 0.1) is 5.82 Å². The minimum atomic E-state index is -0.193. The predicted octanol–water partition coefficient (Wildman–Crippen LogP) is 3.39.